The Morgan fingerprint density at radius 2 is 1.86 bits per heavy atom. The summed E-state index contributed by atoms with van der Waals surface area (Å²) in [5.74, 6) is -0.112. The molecule has 0 fully saturated rings. The lowest BCUT2D eigenvalue weighted by Gasteiger charge is -2.07. The Bertz CT molecular complexity index is 978. The maximum Gasteiger partial charge on any atom is 0.232 e. The molecule has 7 heteroatoms. The molecule has 1 N–H and O–H groups in total. The van der Waals surface area contributed by atoms with Gasteiger partial charge in [-0.25, -0.2) is 9.97 Å². The molecule has 1 amide bonds. The second-order valence-electron chi connectivity index (χ2n) is 6.79. The number of carbonyl (C=O) groups excluding carboxylic acids is 1. The van der Waals surface area contributed by atoms with Gasteiger partial charge in [0.15, 0.2) is 5.13 Å². The summed E-state index contributed by atoms with van der Waals surface area (Å²) in [5.41, 5.74) is 6.44. The predicted molar refractivity (Wildman–Crippen MR) is 116 cm³/mol. The SMILES string of the molecule is CCOC(C)c1nc(CC(=O)Nc2nc(-c3cc(C)c(C)cc3C)cs2)cs1. The van der Waals surface area contributed by atoms with E-state index in [1.807, 2.05) is 24.6 Å². The fraction of sp³-hybridized carbons (Fsp3) is 0.381. The summed E-state index contributed by atoms with van der Waals surface area (Å²) in [6.07, 6.45) is 0.182. The maximum atomic E-state index is 12.4. The molecule has 0 radical (unpaired) electrons. The topological polar surface area (TPSA) is 64.1 Å². The molecule has 0 spiro atoms. The van der Waals surface area contributed by atoms with Gasteiger partial charge in [-0.05, 0) is 57.4 Å². The zero-order valence-electron chi connectivity index (χ0n) is 16.8. The van der Waals surface area contributed by atoms with Crippen molar-refractivity contribution in [1.82, 2.24) is 9.97 Å². The van der Waals surface area contributed by atoms with Gasteiger partial charge >= 0.3 is 0 Å². The first-order valence-corrected chi connectivity index (χ1v) is 11.0. The van der Waals surface area contributed by atoms with Crippen LogP contribution in [-0.2, 0) is 16.0 Å². The van der Waals surface area contributed by atoms with Gasteiger partial charge in [-0.2, -0.15) is 0 Å². The van der Waals surface area contributed by atoms with E-state index in [2.05, 4.69) is 48.2 Å². The Kier molecular flexibility index (Phi) is 6.59. The number of nitrogens with zero attached hydrogens (tertiary/aromatic N) is 2. The van der Waals surface area contributed by atoms with Crippen molar-refractivity contribution >= 4 is 33.7 Å². The molecule has 0 saturated carbocycles. The van der Waals surface area contributed by atoms with Crippen molar-refractivity contribution in [1.29, 1.82) is 0 Å². The van der Waals surface area contributed by atoms with Crippen LogP contribution in [0.25, 0.3) is 11.3 Å². The number of aromatic nitrogens is 2. The van der Waals surface area contributed by atoms with Gasteiger partial charge in [0, 0.05) is 22.9 Å². The van der Waals surface area contributed by atoms with Crippen LogP contribution in [0.4, 0.5) is 5.13 Å². The molecule has 148 valence electrons. The number of hydrogen-bond acceptors (Lipinski definition) is 6. The monoisotopic (exact) mass is 415 g/mol. The molecule has 2 aromatic heterocycles. The third kappa shape index (κ3) is 4.84. The first kappa shape index (κ1) is 20.6. The zero-order valence-corrected chi connectivity index (χ0v) is 18.5. The van der Waals surface area contributed by atoms with Crippen molar-refractivity contribution in [2.45, 2.75) is 47.1 Å². The van der Waals surface area contributed by atoms with Gasteiger partial charge in [0.05, 0.1) is 17.8 Å². The van der Waals surface area contributed by atoms with Gasteiger partial charge in [0.25, 0.3) is 0 Å². The van der Waals surface area contributed by atoms with E-state index in [0.717, 1.165) is 22.0 Å². The number of hydrogen-bond donors (Lipinski definition) is 1. The van der Waals surface area contributed by atoms with Crippen LogP contribution >= 0.6 is 22.7 Å². The highest BCUT2D eigenvalue weighted by Gasteiger charge is 2.14. The van der Waals surface area contributed by atoms with E-state index in [1.54, 1.807) is 0 Å². The Morgan fingerprint density at radius 3 is 2.61 bits per heavy atom. The molecule has 1 aromatic carbocycles. The normalized spacial score (nSPS) is 12.2. The van der Waals surface area contributed by atoms with Gasteiger partial charge in [-0.15, -0.1) is 22.7 Å². The molecule has 2 heterocycles. The largest absolute Gasteiger partial charge is 0.372 e. The van der Waals surface area contributed by atoms with Crippen LogP contribution in [-0.4, -0.2) is 22.5 Å². The standard InChI is InChI=1S/C21H25N3O2S2/c1-6-26-15(5)20-22-16(10-27-20)9-19(25)24-21-23-18(11-28-21)17-8-13(3)12(2)7-14(17)4/h7-8,10-11,15H,6,9H2,1-5H3,(H,23,24,25). The van der Waals surface area contributed by atoms with Crippen molar-refractivity contribution < 1.29 is 9.53 Å². The Labute approximate surface area is 173 Å². The molecule has 0 bridgehead atoms. The van der Waals surface area contributed by atoms with E-state index >= 15 is 0 Å². The van der Waals surface area contributed by atoms with Gasteiger partial charge in [0.1, 0.15) is 11.1 Å². The van der Waals surface area contributed by atoms with Gasteiger partial charge in [-0.1, -0.05) is 6.07 Å². The van der Waals surface area contributed by atoms with E-state index in [4.69, 9.17) is 4.74 Å². The molecule has 5 nitrogen and oxygen atoms in total. The Hall–Kier alpha value is -2.09. The lowest BCUT2D eigenvalue weighted by atomic mass is 9.99. The minimum Gasteiger partial charge on any atom is -0.372 e. The molecule has 0 aliphatic carbocycles. The summed E-state index contributed by atoms with van der Waals surface area (Å²) >= 11 is 2.96. The van der Waals surface area contributed by atoms with Crippen LogP contribution in [0.3, 0.4) is 0 Å². The van der Waals surface area contributed by atoms with Crippen LogP contribution in [0.5, 0.6) is 0 Å². The molecule has 3 rings (SSSR count). The number of thiazole rings is 2. The highest BCUT2D eigenvalue weighted by molar-refractivity contribution is 7.14. The van der Waals surface area contributed by atoms with Crippen molar-refractivity contribution in [3.8, 4) is 11.3 Å². The van der Waals surface area contributed by atoms with Crippen molar-refractivity contribution in [2.24, 2.45) is 0 Å². The minimum atomic E-state index is -0.112. The van der Waals surface area contributed by atoms with Crippen LogP contribution in [0.15, 0.2) is 22.9 Å². The van der Waals surface area contributed by atoms with Gasteiger partial charge in [-0.3, -0.25) is 4.79 Å². The van der Waals surface area contributed by atoms with Crippen LogP contribution < -0.4 is 5.32 Å². The number of amides is 1. The molecular weight excluding hydrogens is 390 g/mol. The molecule has 1 atom stereocenters. The molecule has 0 aliphatic rings. The first-order chi connectivity index (χ1) is 13.4. The van der Waals surface area contributed by atoms with Crippen molar-refractivity contribution in [2.75, 3.05) is 11.9 Å². The fourth-order valence-electron chi connectivity index (χ4n) is 2.93. The lowest BCUT2D eigenvalue weighted by Crippen LogP contribution is -2.14. The minimum absolute atomic E-state index is 0.0467. The molecule has 0 aliphatic heterocycles. The third-order valence-electron chi connectivity index (χ3n) is 4.54. The quantitative estimate of drug-likeness (QED) is 0.556. The second-order valence-corrected chi connectivity index (χ2v) is 8.54. The number of aryl methyl sites for hydroxylation is 3. The smallest absolute Gasteiger partial charge is 0.232 e. The molecule has 0 saturated heterocycles. The molecular formula is C21H25N3O2S2. The number of benzene rings is 1. The summed E-state index contributed by atoms with van der Waals surface area (Å²) in [7, 11) is 0. The van der Waals surface area contributed by atoms with E-state index in [-0.39, 0.29) is 18.4 Å². The highest BCUT2D eigenvalue weighted by Crippen LogP contribution is 2.29. The van der Waals surface area contributed by atoms with Gasteiger partial charge in [0.2, 0.25) is 5.91 Å². The highest BCUT2D eigenvalue weighted by atomic mass is 32.1. The average molecular weight is 416 g/mol. The van der Waals surface area contributed by atoms with E-state index < -0.39 is 0 Å². The van der Waals surface area contributed by atoms with E-state index in [1.165, 1.54) is 39.4 Å². The van der Waals surface area contributed by atoms with Crippen molar-refractivity contribution in [3.63, 3.8) is 0 Å². The van der Waals surface area contributed by atoms with Crippen LogP contribution in [0, 0.1) is 20.8 Å². The Balaban J connectivity index is 1.65. The number of rotatable bonds is 7. The fourth-order valence-corrected chi connectivity index (χ4v) is 4.48. The van der Waals surface area contributed by atoms with Crippen molar-refractivity contribution in [3.05, 3.63) is 50.3 Å². The van der Waals surface area contributed by atoms with E-state index in [9.17, 15) is 4.79 Å². The summed E-state index contributed by atoms with van der Waals surface area (Å²) < 4.78 is 5.55. The molecule has 3 aromatic rings. The van der Waals surface area contributed by atoms with Crippen LogP contribution in [0.2, 0.25) is 0 Å². The zero-order chi connectivity index (χ0) is 20.3. The van der Waals surface area contributed by atoms with Gasteiger partial charge < -0.3 is 10.1 Å². The second kappa shape index (κ2) is 8.94. The maximum absolute atomic E-state index is 12.4. The van der Waals surface area contributed by atoms with Crippen LogP contribution in [0.1, 0.15) is 47.3 Å². The molecule has 28 heavy (non-hydrogen) atoms. The third-order valence-corrected chi connectivity index (χ3v) is 6.36. The average Bonchev–Trinajstić information content (AvgIpc) is 3.28. The summed E-state index contributed by atoms with van der Waals surface area (Å²) in [4.78, 5) is 21.5. The lowest BCUT2D eigenvalue weighted by molar-refractivity contribution is -0.115. The molecule has 1 unspecified atom stereocenters. The predicted octanol–water partition coefficient (Wildman–Crippen LogP) is 5.47. The summed E-state index contributed by atoms with van der Waals surface area (Å²) in [5, 5.41) is 8.29. The number of ether oxygens (including phenoxy) is 1. The van der Waals surface area contributed by atoms with E-state index in [0.29, 0.717) is 11.7 Å². The summed E-state index contributed by atoms with van der Waals surface area (Å²) in [6, 6.07) is 4.33. The Morgan fingerprint density at radius 1 is 1.11 bits per heavy atom. The summed E-state index contributed by atoms with van der Waals surface area (Å²) in [6.45, 7) is 10.9. The number of anilines is 1. The first-order valence-electron chi connectivity index (χ1n) is 9.26. The number of nitrogens with one attached hydrogen (secondary N) is 1. The number of carbonyl (C=O) groups is 1.